The minimum atomic E-state index is 0.274. The minimum absolute atomic E-state index is 0.274. The summed E-state index contributed by atoms with van der Waals surface area (Å²) in [7, 11) is 2.03. The molecule has 1 amide bonds. The standard InChI is InChI=1S/C17H27N3OS/c1-13-7-5-6-10-20(13)17(21)12-19(2)11-16-18-14-8-3-4-9-15(14)22-16/h13H,3-12H2,1-2H3. The predicted octanol–water partition coefficient (Wildman–Crippen LogP) is 2.85. The number of carbonyl (C=O) groups excluding carboxylic acids is 1. The number of thiazole rings is 1. The third kappa shape index (κ3) is 3.69. The summed E-state index contributed by atoms with van der Waals surface area (Å²) in [5, 5.41) is 1.17. The summed E-state index contributed by atoms with van der Waals surface area (Å²) in [4.78, 5) is 22.9. The number of fused-ring (bicyclic) bond motifs is 1. The van der Waals surface area contributed by atoms with Crippen LogP contribution in [-0.2, 0) is 24.2 Å². The number of aryl methyl sites for hydroxylation is 2. The van der Waals surface area contributed by atoms with Gasteiger partial charge in [-0.1, -0.05) is 0 Å². The fraction of sp³-hybridized carbons (Fsp3) is 0.765. The van der Waals surface area contributed by atoms with E-state index in [9.17, 15) is 4.79 Å². The molecule has 1 aliphatic carbocycles. The maximum absolute atomic E-state index is 12.5. The smallest absolute Gasteiger partial charge is 0.236 e. The van der Waals surface area contributed by atoms with Gasteiger partial charge in [0.1, 0.15) is 5.01 Å². The van der Waals surface area contributed by atoms with Gasteiger partial charge in [-0.3, -0.25) is 9.69 Å². The highest BCUT2D eigenvalue weighted by molar-refractivity contribution is 7.11. The molecule has 0 saturated carbocycles. The molecular formula is C17H27N3OS. The zero-order valence-corrected chi connectivity index (χ0v) is 14.6. The molecule has 122 valence electrons. The van der Waals surface area contributed by atoms with Crippen molar-refractivity contribution < 1.29 is 4.79 Å². The van der Waals surface area contributed by atoms with E-state index in [4.69, 9.17) is 4.98 Å². The first-order valence-corrected chi connectivity index (χ1v) is 9.40. The monoisotopic (exact) mass is 321 g/mol. The summed E-state index contributed by atoms with van der Waals surface area (Å²) in [5.74, 6) is 0.274. The maximum atomic E-state index is 12.5. The van der Waals surface area contributed by atoms with Crippen molar-refractivity contribution in [2.45, 2.75) is 64.5 Å². The van der Waals surface area contributed by atoms with Gasteiger partial charge in [0, 0.05) is 17.5 Å². The molecule has 22 heavy (non-hydrogen) atoms. The van der Waals surface area contributed by atoms with Crippen molar-refractivity contribution in [3.8, 4) is 0 Å². The molecule has 0 aromatic carbocycles. The fourth-order valence-electron chi connectivity index (χ4n) is 3.55. The van der Waals surface area contributed by atoms with Gasteiger partial charge in [-0.05, 0) is 58.9 Å². The van der Waals surface area contributed by atoms with Crippen molar-refractivity contribution in [3.05, 3.63) is 15.6 Å². The van der Waals surface area contributed by atoms with Crippen LogP contribution in [0, 0.1) is 0 Å². The highest BCUT2D eigenvalue weighted by atomic mass is 32.1. The van der Waals surface area contributed by atoms with Crippen LogP contribution in [-0.4, -0.2) is 46.9 Å². The average Bonchev–Trinajstić information content (AvgIpc) is 2.89. The van der Waals surface area contributed by atoms with Crippen molar-refractivity contribution >= 4 is 17.2 Å². The van der Waals surface area contributed by atoms with Gasteiger partial charge in [-0.15, -0.1) is 11.3 Å². The normalized spacial score (nSPS) is 22.0. The lowest BCUT2D eigenvalue weighted by molar-refractivity contribution is -0.135. The molecule has 0 N–H and O–H groups in total. The van der Waals surface area contributed by atoms with Gasteiger partial charge in [0.2, 0.25) is 5.91 Å². The second-order valence-electron chi connectivity index (χ2n) is 6.79. The van der Waals surface area contributed by atoms with E-state index in [1.807, 2.05) is 18.4 Å². The Labute approximate surface area is 137 Å². The second-order valence-corrected chi connectivity index (χ2v) is 7.96. The van der Waals surface area contributed by atoms with E-state index in [-0.39, 0.29) is 5.91 Å². The number of likely N-dealkylation sites (tertiary alicyclic amines) is 1. The van der Waals surface area contributed by atoms with Crippen molar-refractivity contribution in [2.75, 3.05) is 20.1 Å². The molecule has 0 spiro atoms. The first-order chi connectivity index (χ1) is 10.6. The van der Waals surface area contributed by atoms with Gasteiger partial charge in [0.15, 0.2) is 0 Å². The van der Waals surface area contributed by atoms with E-state index in [2.05, 4.69) is 16.7 Å². The highest BCUT2D eigenvalue weighted by Crippen LogP contribution is 2.27. The van der Waals surface area contributed by atoms with Crippen LogP contribution in [0.2, 0.25) is 0 Å². The van der Waals surface area contributed by atoms with Gasteiger partial charge in [0.05, 0.1) is 18.8 Å². The highest BCUT2D eigenvalue weighted by Gasteiger charge is 2.24. The van der Waals surface area contributed by atoms with Gasteiger partial charge >= 0.3 is 0 Å². The first kappa shape index (κ1) is 15.9. The lowest BCUT2D eigenvalue weighted by Crippen LogP contribution is -2.46. The Hall–Kier alpha value is -0.940. The third-order valence-corrected chi connectivity index (χ3v) is 5.97. The summed E-state index contributed by atoms with van der Waals surface area (Å²) in [5.41, 5.74) is 1.32. The number of amides is 1. The molecule has 1 aromatic rings. The predicted molar refractivity (Wildman–Crippen MR) is 90.1 cm³/mol. The Morgan fingerprint density at radius 3 is 2.91 bits per heavy atom. The zero-order chi connectivity index (χ0) is 15.5. The summed E-state index contributed by atoms with van der Waals surface area (Å²) in [6, 6.07) is 0.404. The van der Waals surface area contributed by atoms with Gasteiger partial charge < -0.3 is 4.90 Å². The number of carbonyl (C=O) groups is 1. The van der Waals surface area contributed by atoms with Gasteiger partial charge in [-0.2, -0.15) is 0 Å². The molecule has 1 unspecified atom stereocenters. The van der Waals surface area contributed by atoms with Crippen LogP contribution in [0.1, 0.15) is 54.6 Å². The first-order valence-electron chi connectivity index (χ1n) is 8.59. The third-order valence-electron chi connectivity index (χ3n) is 4.82. The molecule has 2 aliphatic rings. The van der Waals surface area contributed by atoms with Crippen molar-refractivity contribution in [1.82, 2.24) is 14.8 Å². The minimum Gasteiger partial charge on any atom is -0.339 e. The Kier molecular flexibility index (Phi) is 5.14. The Balaban J connectivity index is 1.54. The quantitative estimate of drug-likeness (QED) is 0.855. The molecule has 4 nitrogen and oxygen atoms in total. The van der Waals surface area contributed by atoms with Gasteiger partial charge in [-0.25, -0.2) is 4.98 Å². The van der Waals surface area contributed by atoms with Crippen molar-refractivity contribution in [1.29, 1.82) is 0 Å². The zero-order valence-electron chi connectivity index (χ0n) is 13.8. The lowest BCUT2D eigenvalue weighted by Gasteiger charge is -2.34. The maximum Gasteiger partial charge on any atom is 0.236 e. The molecule has 1 aromatic heterocycles. The van der Waals surface area contributed by atoms with Crippen LogP contribution in [0.3, 0.4) is 0 Å². The Morgan fingerprint density at radius 1 is 1.32 bits per heavy atom. The number of hydrogen-bond donors (Lipinski definition) is 0. The molecule has 1 fully saturated rings. The largest absolute Gasteiger partial charge is 0.339 e. The number of rotatable bonds is 4. The molecule has 1 atom stereocenters. The van der Waals surface area contributed by atoms with Crippen molar-refractivity contribution in [3.63, 3.8) is 0 Å². The Morgan fingerprint density at radius 2 is 2.14 bits per heavy atom. The lowest BCUT2D eigenvalue weighted by atomic mass is 10.0. The van der Waals surface area contributed by atoms with E-state index in [0.717, 1.165) is 32.4 Å². The summed E-state index contributed by atoms with van der Waals surface area (Å²) in [6.07, 6.45) is 8.47. The van der Waals surface area contributed by atoms with E-state index >= 15 is 0 Å². The van der Waals surface area contributed by atoms with E-state index in [1.54, 1.807) is 0 Å². The average molecular weight is 321 g/mol. The number of likely N-dealkylation sites (N-methyl/N-ethyl adjacent to an activating group) is 1. The van der Waals surface area contributed by atoms with E-state index in [1.165, 1.54) is 41.3 Å². The molecule has 1 aliphatic heterocycles. The van der Waals surface area contributed by atoms with Crippen LogP contribution < -0.4 is 0 Å². The molecule has 1 saturated heterocycles. The topological polar surface area (TPSA) is 36.4 Å². The number of piperidine rings is 1. The van der Waals surface area contributed by atoms with Crippen LogP contribution in [0.5, 0.6) is 0 Å². The second kappa shape index (κ2) is 7.09. The van der Waals surface area contributed by atoms with Crippen LogP contribution in [0.15, 0.2) is 0 Å². The van der Waals surface area contributed by atoms with Crippen LogP contribution in [0.25, 0.3) is 0 Å². The molecule has 0 radical (unpaired) electrons. The molecule has 2 heterocycles. The summed E-state index contributed by atoms with van der Waals surface area (Å²) < 4.78 is 0. The SMILES string of the molecule is CC1CCCCN1C(=O)CN(C)Cc1nc2c(s1)CCCC2. The van der Waals surface area contributed by atoms with E-state index in [0.29, 0.717) is 12.6 Å². The van der Waals surface area contributed by atoms with Crippen molar-refractivity contribution in [2.24, 2.45) is 0 Å². The number of aromatic nitrogens is 1. The molecule has 3 rings (SSSR count). The Bertz CT molecular complexity index is 504. The fourth-order valence-corrected chi connectivity index (χ4v) is 4.79. The van der Waals surface area contributed by atoms with E-state index < -0.39 is 0 Å². The van der Waals surface area contributed by atoms with Crippen LogP contribution >= 0.6 is 11.3 Å². The van der Waals surface area contributed by atoms with Crippen LogP contribution in [0.4, 0.5) is 0 Å². The molecule has 5 heteroatoms. The summed E-state index contributed by atoms with van der Waals surface area (Å²) >= 11 is 1.85. The number of nitrogens with zero attached hydrogens (tertiary/aromatic N) is 3. The van der Waals surface area contributed by atoms with Gasteiger partial charge in [0.25, 0.3) is 0 Å². The number of hydrogen-bond acceptors (Lipinski definition) is 4. The summed E-state index contributed by atoms with van der Waals surface area (Å²) in [6.45, 7) is 4.41. The molecular weight excluding hydrogens is 294 g/mol. The molecule has 0 bridgehead atoms.